The van der Waals surface area contributed by atoms with Gasteiger partial charge in [-0.3, -0.25) is 24.1 Å². The summed E-state index contributed by atoms with van der Waals surface area (Å²) >= 11 is 0. The van der Waals surface area contributed by atoms with Gasteiger partial charge in [0.1, 0.15) is 0 Å². The average molecular weight is 462 g/mol. The number of imide groups is 1. The first-order chi connectivity index (χ1) is 16.3. The molecule has 0 spiro atoms. The van der Waals surface area contributed by atoms with Crippen LogP contribution in [-0.2, 0) is 19.2 Å². The fraction of sp³-hybridized carbons (Fsp3) is 0.407. The van der Waals surface area contributed by atoms with Crippen LogP contribution in [0.25, 0.3) is 0 Å². The number of phenols is 1. The fourth-order valence-electron chi connectivity index (χ4n) is 6.18. The summed E-state index contributed by atoms with van der Waals surface area (Å²) in [5, 5.41) is 11.0. The SMILES string of the molecule is CCCN1C(=O)[C@H]2[C@H](CC=C3[C@H](c4cccc(OC)c4O)C4=C(C[C@H]32)C(=O)C(C)=CC4=O)C1=O. The molecule has 1 aromatic rings. The second-order valence-corrected chi connectivity index (χ2v) is 9.45. The number of carbonyl (C=O) groups excluding carboxylic acids is 4. The Morgan fingerprint density at radius 2 is 1.88 bits per heavy atom. The zero-order valence-corrected chi connectivity index (χ0v) is 19.5. The number of fused-ring (bicyclic) bond motifs is 3. The largest absolute Gasteiger partial charge is 0.504 e. The minimum Gasteiger partial charge on any atom is -0.504 e. The van der Waals surface area contributed by atoms with Crippen LogP contribution in [0.4, 0.5) is 0 Å². The second kappa shape index (κ2) is 8.08. The molecule has 0 bridgehead atoms. The Bertz CT molecular complexity index is 1240. The number of phenolic OH excluding ortho intramolecular Hbond substituents is 1. The van der Waals surface area contributed by atoms with Gasteiger partial charge in [0, 0.05) is 34.7 Å². The number of likely N-dealkylation sites (tertiary alicyclic amines) is 1. The number of amides is 2. The Morgan fingerprint density at radius 1 is 1.12 bits per heavy atom. The van der Waals surface area contributed by atoms with Crippen LogP contribution in [0.1, 0.15) is 44.6 Å². The summed E-state index contributed by atoms with van der Waals surface area (Å²) in [5.74, 6) is -2.78. The van der Waals surface area contributed by atoms with Crippen LogP contribution < -0.4 is 4.74 Å². The number of hydrogen-bond donors (Lipinski definition) is 1. The van der Waals surface area contributed by atoms with E-state index < -0.39 is 23.7 Å². The van der Waals surface area contributed by atoms with Crippen molar-refractivity contribution in [2.24, 2.45) is 17.8 Å². The van der Waals surface area contributed by atoms with Gasteiger partial charge in [0.2, 0.25) is 11.8 Å². The van der Waals surface area contributed by atoms with Gasteiger partial charge in [-0.25, -0.2) is 0 Å². The zero-order valence-electron chi connectivity index (χ0n) is 19.5. The predicted octanol–water partition coefficient (Wildman–Crippen LogP) is 3.24. The molecule has 7 nitrogen and oxygen atoms in total. The van der Waals surface area contributed by atoms with Gasteiger partial charge in [-0.15, -0.1) is 0 Å². The van der Waals surface area contributed by atoms with E-state index in [0.29, 0.717) is 41.7 Å². The molecule has 4 atom stereocenters. The topological polar surface area (TPSA) is 101 Å². The van der Waals surface area contributed by atoms with Crippen molar-refractivity contribution in [3.8, 4) is 11.5 Å². The van der Waals surface area contributed by atoms with Crippen LogP contribution in [0.3, 0.4) is 0 Å². The van der Waals surface area contributed by atoms with Crippen LogP contribution >= 0.6 is 0 Å². The van der Waals surface area contributed by atoms with E-state index in [0.717, 1.165) is 5.57 Å². The molecule has 176 valence electrons. The third-order valence-electron chi connectivity index (χ3n) is 7.66. The highest BCUT2D eigenvalue weighted by Gasteiger charge is 2.56. The van der Waals surface area contributed by atoms with E-state index in [1.807, 2.05) is 13.0 Å². The summed E-state index contributed by atoms with van der Waals surface area (Å²) in [6, 6.07) is 5.07. The Kier molecular flexibility index (Phi) is 5.30. The molecule has 1 heterocycles. The molecule has 0 aromatic heterocycles. The number of ether oxygens (including phenoxy) is 1. The number of para-hydroxylation sites is 1. The van der Waals surface area contributed by atoms with Gasteiger partial charge in [0.25, 0.3) is 0 Å². The third kappa shape index (κ3) is 3.02. The van der Waals surface area contributed by atoms with Gasteiger partial charge in [0.05, 0.1) is 18.9 Å². The molecule has 1 N–H and O–H groups in total. The van der Waals surface area contributed by atoms with Gasteiger partial charge < -0.3 is 9.84 Å². The summed E-state index contributed by atoms with van der Waals surface area (Å²) in [4.78, 5) is 54.2. The summed E-state index contributed by atoms with van der Waals surface area (Å²) in [6.45, 7) is 3.91. The lowest BCUT2D eigenvalue weighted by molar-refractivity contribution is -0.140. The molecule has 0 radical (unpaired) electrons. The summed E-state index contributed by atoms with van der Waals surface area (Å²) in [6.07, 6.45) is 4.60. The molecule has 1 aromatic carbocycles. The normalized spacial score (nSPS) is 28.4. The molecular formula is C27H27NO6. The standard InChI is InChI=1S/C27H27NO6/c1-4-10-28-26(32)16-9-8-14-17(22(16)27(28)33)12-18-23(19(29)11-13(2)24(18)30)21(14)15-6-5-7-20(34-3)25(15)31/h5-8,11,16-17,21-22,31H,4,9-10,12H2,1-3H3/t16-,17+,21+,22-/m0/s1. The lowest BCUT2D eigenvalue weighted by Gasteiger charge is -2.42. The van der Waals surface area contributed by atoms with E-state index in [9.17, 15) is 24.3 Å². The van der Waals surface area contributed by atoms with E-state index in [1.54, 1.807) is 25.1 Å². The average Bonchev–Trinajstić information content (AvgIpc) is 3.07. The van der Waals surface area contributed by atoms with E-state index in [1.165, 1.54) is 18.1 Å². The van der Waals surface area contributed by atoms with Crippen molar-refractivity contribution in [2.45, 2.75) is 39.0 Å². The quantitative estimate of drug-likeness (QED) is 0.420. The van der Waals surface area contributed by atoms with Crippen molar-refractivity contribution < 1.29 is 29.0 Å². The zero-order chi connectivity index (χ0) is 24.3. The Balaban J connectivity index is 1.70. The first kappa shape index (κ1) is 22.3. The minimum absolute atomic E-state index is 0.0986. The summed E-state index contributed by atoms with van der Waals surface area (Å²) < 4.78 is 5.30. The molecule has 0 saturated carbocycles. The first-order valence-corrected chi connectivity index (χ1v) is 11.7. The smallest absolute Gasteiger partial charge is 0.233 e. The molecule has 34 heavy (non-hydrogen) atoms. The number of ketones is 2. The molecule has 1 aliphatic heterocycles. The lowest BCUT2D eigenvalue weighted by Crippen LogP contribution is -2.39. The summed E-state index contributed by atoms with van der Waals surface area (Å²) in [5.41, 5.74) is 2.37. The molecular weight excluding hydrogens is 434 g/mol. The van der Waals surface area contributed by atoms with Crippen molar-refractivity contribution in [2.75, 3.05) is 13.7 Å². The van der Waals surface area contributed by atoms with E-state index in [-0.39, 0.29) is 41.3 Å². The van der Waals surface area contributed by atoms with Gasteiger partial charge in [-0.05, 0) is 44.2 Å². The number of rotatable bonds is 4. The summed E-state index contributed by atoms with van der Waals surface area (Å²) in [7, 11) is 1.45. The van der Waals surface area contributed by atoms with Gasteiger partial charge >= 0.3 is 0 Å². The molecule has 2 amide bonds. The number of benzene rings is 1. The van der Waals surface area contributed by atoms with Crippen LogP contribution in [0.2, 0.25) is 0 Å². The fourth-order valence-corrected chi connectivity index (χ4v) is 6.18. The Labute approximate surface area is 197 Å². The number of allylic oxidation sites excluding steroid dienone is 6. The highest BCUT2D eigenvalue weighted by atomic mass is 16.5. The number of aromatic hydroxyl groups is 1. The van der Waals surface area contributed by atoms with Crippen molar-refractivity contribution in [3.63, 3.8) is 0 Å². The van der Waals surface area contributed by atoms with E-state index >= 15 is 0 Å². The minimum atomic E-state index is -0.686. The Hall–Kier alpha value is -3.48. The first-order valence-electron chi connectivity index (χ1n) is 11.7. The van der Waals surface area contributed by atoms with E-state index in [2.05, 4.69) is 0 Å². The van der Waals surface area contributed by atoms with Crippen molar-refractivity contribution in [1.82, 2.24) is 4.90 Å². The predicted molar refractivity (Wildman–Crippen MR) is 123 cm³/mol. The van der Waals surface area contributed by atoms with Crippen LogP contribution in [0, 0.1) is 17.8 Å². The van der Waals surface area contributed by atoms with Gasteiger partial charge in [-0.1, -0.05) is 30.7 Å². The van der Waals surface area contributed by atoms with Crippen LogP contribution in [0.15, 0.2) is 52.6 Å². The van der Waals surface area contributed by atoms with Crippen molar-refractivity contribution in [3.05, 3.63) is 58.2 Å². The molecule has 3 aliphatic carbocycles. The molecule has 4 aliphatic rings. The highest BCUT2D eigenvalue weighted by Crippen LogP contribution is 2.56. The van der Waals surface area contributed by atoms with Crippen molar-refractivity contribution in [1.29, 1.82) is 0 Å². The number of Topliss-reactive ketones (excluding diaryl/α,β-unsaturated/α-hetero) is 1. The van der Waals surface area contributed by atoms with Crippen molar-refractivity contribution >= 4 is 23.4 Å². The van der Waals surface area contributed by atoms with Gasteiger partial charge in [0.15, 0.2) is 23.1 Å². The maximum atomic E-state index is 13.4. The maximum Gasteiger partial charge on any atom is 0.233 e. The molecule has 0 unspecified atom stereocenters. The Morgan fingerprint density at radius 3 is 2.59 bits per heavy atom. The molecule has 7 heteroatoms. The van der Waals surface area contributed by atoms with Crippen LogP contribution in [0.5, 0.6) is 11.5 Å². The number of methoxy groups -OCH3 is 1. The monoisotopic (exact) mass is 461 g/mol. The second-order valence-electron chi connectivity index (χ2n) is 9.45. The number of carbonyl (C=O) groups is 4. The number of nitrogens with zero attached hydrogens (tertiary/aromatic N) is 1. The molecule has 1 fully saturated rings. The molecule has 1 saturated heterocycles. The molecule has 5 rings (SSSR count). The highest BCUT2D eigenvalue weighted by molar-refractivity contribution is 6.23. The maximum absolute atomic E-state index is 13.4. The number of hydrogen-bond acceptors (Lipinski definition) is 6. The lowest BCUT2D eigenvalue weighted by atomic mass is 9.59. The third-order valence-corrected chi connectivity index (χ3v) is 7.66. The van der Waals surface area contributed by atoms with Crippen LogP contribution in [-0.4, -0.2) is 47.0 Å². The van der Waals surface area contributed by atoms with Gasteiger partial charge in [-0.2, -0.15) is 0 Å². The van der Waals surface area contributed by atoms with E-state index in [4.69, 9.17) is 4.74 Å².